The van der Waals surface area contributed by atoms with Gasteiger partial charge in [-0.1, -0.05) is 60.7 Å². The molecule has 0 bridgehead atoms. The summed E-state index contributed by atoms with van der Waals surface area (Å²) in [6.07, 6.45) is 1.73. The van der Waals surface area contributed by atoms with Gasteiger partial charge >= 0.3 is 0 Å². The van der Waals surface area contributed by atoms with Gasteiger partial charge in [0.15, 0.2) is 0 Å². The standard InChI is InChI=1S/C23H31NO2/c1-22(2,3)26-21-15-16-24(4)20(21)17-23(25,18-11-7-5-8-12-18)19-13-9-6-10-14-19/h5-14,20-21,25H,15-17H2,1-4H3/t20-,21-/m0/s1. The smallest absolute Gasteiger partial charge is 0.116 e. The third-order valence-corrected chi connectivity index (χ3v) is 5.27. The summed E-state index contributed by atoms with van der Waals surface area (Å²) >= 11 is 0. The molecule has 0 amide bonds. The molecule has 0 saturated carbocycles. The number of rotatable bonds is 5. The first kappa shape index (κ1) is 19.1. The van der Waals surface area contributed by atoms with Crippen molar-refractivity contribution in [2.45, 2.75) is 57.0 Å². The molecule has 1 fully saturated rings. The molecule has 1 aliphatic rings. The van der Waals surface area contributed by atoms with Crippen LogP contribution in [0.5, 0.6) is 0 Å². The average molecular weight is 354 g/mol. The lowest BCUT2D eigenvalue weighted by molar-refractivity contribution is -0.0831. The largest absolute Gasteiger partial charge is 0.380 e. The molecular weight excluding hydrogens is 322 g/mol. The summed E-state index contributed by atoms with van der Waals surface area (Å²) in [6.45, 7) is 7.29. The first-order chi connectivity index (χ1) is 12.3. The molecule has 3 nitrogen and oxygen atoms in total. The zero-order valence-electron chi connectivity index (χ0n) is 16.4. The third kappa shape index (κ3) is 4.17. The number of aliphatic hydroxyl groups is 1. The Labute approximate surface area is 157 Å². The number of hydrogen-bond donors (Lipinski definition) is 1. The summed E-state index contributed by atoms with van der Waals surface area (Å²) in [5.74, 6) is 0. The van der Waals surface area contributed by atoms with Crippen molar-refractivity contribution in [3.8, 4) is 0 Å². The quantitative estimate of drug-likeness (QED) is 0.874. The molecule has 1 saturated heterocycles. The third-order valence-electron chi connectivity index (χ3n) is 5.27. The Morgan fingerprint density at radius 2 is 1.46 bits per heavy atom. The fraction of sp³-hybridized carbons (Fsp3) is 0.478. The summed E-state index contributed by atoms with van der Waals surface area (Å²) < 4.78 is 6.35. The molecule has 0 unspecified atom stereocenters. The highest BCUT2D eigenvalue weighted by Gasteiger charge is 2.42. The summed E-state index contributed by atoms with van der Waals surface area (Å²) in [5, 5.41) is 11.9. The first-order valence-electron chi connectivity index (χ1n) is 9.51. The van der Waals surface area contributed by atoms with Crippen molar-refractivity contribution in [1.82, 2.24) is 4.90 Å². The fourth-order valence-electron chi connectivity index (χ4n) is 3.98. The van der Waals surface area contributed by atoms with Gasteiger partial charge in [0.25, 0.3) is 0 Å². The second kappa shape index (κ2) is 7.51. The van der Waals surface area contributed by atoms with Crippen molar-refractivity contribution < 1.29 is 9.84 Å². The zero-order chi connectivity index (χ0) is 18.8. The summed E-state index contributed by atoms with van der Waals surface area (Å²) in [6, 6.07) is 20.2. The van der Waals surface area contributed by atoms with Gasteiger partial charge in [0.1, 0.15) is 5.60 Å². The van der Waals surface area contributed by atoms with E-state index in [2.05, 4.69) is 32.7 Å². The van der Waals surface area contributed by atoms with Gasteiger partial charge in [-0.05, 0) is 45.4 Å². The molecule has 3 rings (SSSR count). The molecule has 3 heteroatoms. The lowest BCUT2D eigenvalue weighted by Crippen LogP contribution is -2.44. The number of nitrogens with zero attached hydrogens (tertiary/aromatic N) is 1. The van der Waals surface area contributed by atoms with E-state index in [9.17, 15) is 5.11 Å². The molecular formula is C23H31NO2. The zero-order valence-corrected chi connectivity index (χ0v) is 16.4. The molecule has 140 valence electrons. The first-order valence-corrected chi connectivity index (χ1v) is 9.51. The van der Waals surface area contributed by atoms with E-state index in [1.54, 1.807) is 0 Å². The van der Waals surface area contributed by atoms with Crippen LogP contribution in [0.3, 0.4) is 0 Å². The molecule has 2 aromatic carbocycles. The van der Waals surface area contributed by atoms with E-state index in [1.165, 1.54) is 0 Å². The van der Waals surface area contributed by atoms with Crippen molar-refractivity contribution in [1.29, 1.82) is 0 Å². The predicted molar refractivity (Wildman–Crippen MR) is 106 cm³/mol. The van der Waals surface area contributed by atoms with Crippen LogP contribution < -0.4 is 0 Å². The molecule has 2 aromatic rings. The van der Waals surface area contributed by atoms with Gasteiger partial charge in [0.05, 0.1) is 11.7 Å². The molecule has 1 aliphatic heterocycles. The van der Waals surface area contributed by atoms with E-state index in [4.69, 9.17) is 4.74 Å². The maximum atomic E-state index is 11.9. The Bertz CT molecular complexity index is 654. The van der Waals surface area contributed by atoms with Crippen LogP contribution in [-0.2, 0) is 10.3 Å². The predicted octanol–water partition coefficient (Wildman–Crippen LogP) is 4.20. The minimum absolute atomic E-state index is 0.124. The maximum absolute atomic E-state index is 11.9. The molecule has 0 spiro atoms. The van der Waals surface area contributed by atoms with Crippen LogP contribution >= 0.6 is 0 Å². The highest BCUT2D eigenvalue weighted by molar-refractivity contribution is 5.36. The normalized spacial score (nSPS) is 21.9. The number of ether oxygens (including phenoxy) is 1. The number of likely N-dealkylation sites (N-methyl/N-ethyl adjacent to an activating group) is 1. The average Bonchev–Trinajstić information content (AvgIpc) is 2.94. The highest BCUT2D eigenvalue weighted by Crippen LogP contribution is 2.38. The Morgan fingerprint density at radius 3 is 1.92 bits per heavy atom. The second-order valence-corrected chi connectivity index (χ2v) is 8.40. The Balaban J connectivity index is 1.95. The van der Waals surface area contributed by atoms with Gasteiger partial charge in [-0.3, -0.25) is 0 Å². The van der Waals surface area contributed by atoms with Crippen LogP contribution in [-0.4, -0.2) is 41.3 Å². The summed E-state index contributed by atoms with van der Waals surface area (Å²) in [5.41, 5.74) is 0.638. The van der Waals surface area contributed by atoms with Crippen LogP contribution in [0, 0.1) is 0 Å². The van der Waals surface area contributed by atoms with Gasteiger partial charge in [-0.15, -0.1) is 0 Å². The molecule has 0 aliphatic carbocycles. The number of benzene rings is 2. The van der Waals surface area contributed by atoms with E-state index in [-0.39, 0.29) is 17.7 Å². The van der Waals surface area contributed by atoms with Gasteiger partial charge in [0, 0.05) is 19.0 Å². The van der Waals surface area contributed by atoms with Crippen molar-refractivity contribution >= 4 is 0 Å². The molecule has 1 heterocycles. The van der Waals surface area contributed by atoms with Crippen LogP contribution in [0.4, 0.5) is 0 Å². The lowest BCUT2D eigenvalue weighted by Gasteiger charge is -2.37. The van der Waals surface area contributed by atoms with Crippen LogP contribution in [0.2, 0.25) is 0 Å². The van der Waals surface area contributed by atoms with Gasteiger partial charge in [-0.25, -0.2) is 0 Å². The lowest BCUT2D eigenvalue weighted by atomic mass is 9.80. The van der Waals surface area contributed by atoms with Gasteiger partial charge in [-0.2, -0.15) is 0 Å². The highest BCUT2D eigenvalue weighted by atomic mass is 16.5. The monoisotopic (exact) mass is 353 g/mol. The minimum atomic E-state index is -1.04. The van der Waals surface area contributed by atoms with Crippen LogP contribution in [0.1, 0.15) is 44.7 Å². The van der Waals surface area contributed by atoms with Gasteiger partial charge < -0.3 is 14.7 Å². The van der Waals surface area contributed by atoms with E-state index in [1.807, 2.05) is 60.7 Å². The van der Waals surface area contributed by atoms with Crippen molar-refractivity contribution in [3.05, 3.63) is 71.8 Å². The number of hydrogen-bond acceptors (Lipinski definition) is 3. The Morgan fingerprint density at radius 1 is 0.962 bits per heavy atom. The molecule has 2 atom stereocenters. The van der Waals surface area contributed by atoms with Crippen molar-refractivity contribution in [3.63, 3.8) is 0 Å². The van der Waals surface area contributed by atoms with Crippen molar-refractivity contribution in [2.75, 3.05) is 13.6 Å². The van der Waals surface area contributed by atoms with Crippen LogP contribution in [0.15, 0.2) is 60.7 Å². The fourth-order valence-corrected chi connectivity index (χ4v) is 3.98. The van der Waals surface area contributed by atoms with E-state index < -0.39 is 5.60 Å². The Hall–Kier alpha value is -1.68. The van der Waals surface area contributed by atoms with Gasteiger partial charge in [0.2, 0.25) is 0 Å². The van der Waals surface area contributed by atoms with Crippen molar-refractivity contribution in [2.24, 2.45) is 0 Å². The minimum Gasteiger partial charge on any atom is -0.380 e. The number of likely N-dealkylation sites (tertiary alicyclic amines) is 1. The molecule has 1 N–H and O–H groups in total. The summed E-state index contributed by atoms with van der Waals surface area (Å²) in [4.78, 5) is 2.33. The maximum Gasteiger partial charge on any atom is 0.116 e. The SMILES string of the molecule is CN1CC[C@H](OC(C)(C)C)[C@@H]1CC(O)(c1ccccc1)c1ccccc1. The van der Waals surface area contributed by atoms with Crippen LogP contribution in [0.25, 0.3) is 0 Å². The molecule has 26 heavy (non-hydrogen) atoms. The van der Waals surface area contributed by atoms with E-state index in [0.29, 0.717) is 6.42 Å². The second-order valence-electron chi connectivity index (χ2n) is 8.40. The molecule has 0 radical (unpaired) electrons. The molecule has 0 aromatic heterocycles. The summed E-state index contributed by atoms with van der Waals surface area (Å²) in [7, 11) is 2.13. The topological polar surface area (TPSA) is 32.7 Å². The van der Waals surface area contributed by atoms with E-state index in [0.717, 1.165) is 24.1 Å². The van der Waals surface area contributed by atoms with E-state index >= 15 is 0 Å². The Kier molecular flexibility index (Phi) is 5.52.